The molecular weight excluding hydrogens is 965 g/mol. The van der Waals surface area contributed by atoms with Crippen molar-refractivity contribution in [3.05, 3.63) is 132 Å². The van der Waals surface area contributed by atoms with E-state index in [1.807, 2.05) is 0 Å². The SMILES string of the molecule is O=C(N[C@H]1CCC[C@@H]1CCC1CNCCN1S(=O)(=O)c1ccccc1)C(Cc1ccc(F)cc1)N(C(=O)O)C(Cc1ccc(F)cc1)C(=O)N[C@H]1CCC[C@@H]1CCC1CNCCN1S(=O)(=O)c1ccccc1. The fraction of sp³-hybridized carbons (Fsp3) is 0.491. The van der Waals surface area contributed by atoms with Crippen molar-refractivity contribution in [2.75, 3.05) is 39.3 Å². The van der Waals surface area contributed by atoms with E-state index in [0.29, 0.717) is 88.9 Å². The smallest absolute Gasteiger partial charge is 0.408 e. The number of nitrogens with one attached hydrogen (secondary N) is 4. The van der Waals surface area contributed by atoms with E-state index in [0.717, 1.165) is 30.6 Å². The van der Waals surface area contributed by atoms with Crippen LogP contribution in [0.15, 0.2) is 119 Å². The molecule has 72 heavy (non-hydrogen) atoms. The summed E-state index contributed by atoms with van der Waals surface area (Å²) in [5, 5.41) is 24.2. The Bertz CT molecular complexity index is 2500. The van der Waals surface area contributed by atoms with Crippen LogP contribution in [0, 0.1) is 23.5 Å². The van der Waals surface area contributed by atoms with E-state index in [1.54, 1.807) is 69.3 Å². The van der Waals surface area contributed by atoms with Gasteiger partial charge in [-0.05, 0) is 123 Å². The highest BCUT2D eigenvalue weighted by atomic mass is 32.2. The molecule has 4 aromatic carbocycles. The number of carbonyl (C=O) groups excluding carboxylic acids is 2. The Hall–Kier alpha value is -5.31. The van der Waals surface area contributed by atoms with Gasteiger partial charge in [0, 0.05) is 76.3 Å². The van der Waals surface area contributed by atoms with Crippen LogP contribution in [0.2, 0.25) is 0 Å². The molecule has 2 saturated heterocycles. The molecule has 4 aromatic rings. The molecule has 0 spiro atoms. The lowest BCUT2D eigenvalue weighted by Gasteiger charge is -2.38. The summed E-state index contributed by atoms with van der Waals surface area (Å²) in [6.45, 7) is 2.60. The summed E-state index contributed by atoms with van der Waals surface area (Å²) in [7, 11) is -7.52. The molecule has 4 fully saturated rings. The monoisotopic (exact) mass is 1030 g/mol. The molecule has 3 amide bonds. The average Bonchev–Trinajstić information content (AvgIpc) is 4.04. The van der Waals surface area contributed by atoms with Crippen LogP contribution in [-0.4, -0.2) is 129 Å². The molecule has 0 bridgehead atoms. The van der Waals surface area contributed by atoms with Gasteiger partial charge in [-0.15, -0.1) is 0 Å². The first-order valence-corrected chi connectivity index (χ1v) is 28.2. The maximum Gasteiger partial charge on any atom is 0.408 e. The van der Waals surface area contributed by atoms with E-state index in [2.05, 4.69) is 21.3 Å². The molecule has 2 aliphatic heterocycles. The van der Waals surface area contributed by atoms with Crippen molar-refractivity contribution in [3.63, 3.8) is 0 Å². The number of benzene rings is 4. The van der Waals surface area contributed by atoms with E-state index in [-0.39, 0.29) is 58.6 Å². The highest BCUT2D eigenvalue weighted by molar-refractivity contribution is 7.89. The van der Waals surface area contributed by atoms with Crippen LogP contribution >= 0.6 is 0 Å². The Kier molecular flexibility index (Phi) is 17.8. The largest absolute Gasteiger partial charge is 0.465 e. The Morgan fingerprint density at radius 1 is 0.583 bits per heavy atom. The Morgan fingerprint density at radius 2 is 0.972 bits per heavy atom. The van der Waals surface area contributed by atoms with Crippen LogP contribution in [0.5, 0.6) is 0 Å². The maximum atomic E-state index is 14.9. The van der Waals surface area contributed by atoms with Gasteiger partial charge in [0.25, 0.3) is 0 Å². The molecular formula is C53H67F2N7O8S2. The molecule has 4 unspecified atom stereocenters. The minimum absolute atomic E-state index is 0.0468. The van der Waals surface area contributed by atoms with E-state index >= 15 is 0 Å². The van der Waals surface area contributed by atoms with Gasteiger partial charge < -0.3 is 26.4 Å². The minimum Gasteiger partial charge on any atom is -0.465 e. The highest BCUT2D eigenvalue weighted by Gasteiger charge is 2.43. The second-order valence-corrected chi connectivity index (χ2v) is 23.5. The van der Waals surface area contributed by atoms with Crippen molar-refractivity contribution < 1.29 is 45.1 Å². The summed E-state index contributed by atoms with van der Waals surface area (Å²) < 4.78 is 86.8. The number of hydrogen-bond acceptors (Lipinski definition) is 9. The zero-order valence-electron chi connectivity index (χ0n) is 40.5. The number of amides is 3. The quantitative estimate of drug-likeness (QED) is 0.0709. The predicted octanol–water partition coefficient (Wildman–Crippen LogP) is 5.92. The van der Waals surface area contributed by atoms with Crippen LogP contribution in [0.3, 0.4) is 0 Å². The van der Waals surface area contributed by atoms with Gasteiger partial charge >= 0.3 is 6.09 Å². The predicted molar refractivity (Wildman–Crippen MR) is 269 cm³/mol. The van der Waals surface area contributed by atoms with Crippen LogP contribution in [0.25, 0.3) is 0 Å². The molecule has 19 heteroatoms. The second-order valence-electron chi connectivity index (χ2n) is 19.7. The molecule has 0 aromatic heterocycles. The van der Waals surface area contributed by atoms with Crippen LogP contribution < -0.4 is 21.3 Å². The lowest BCUT2D eigenvalue weighted by atomic mass is 9.93. The number of piperazine rings is 2. The fourth-order valence-electron chi connectivity index (χ4n) is 11.4. The molecule has 5 N–H and O–H groups in total. The topological polar surface area (TPSA) is 198 Å². The van der Waals surface area contributed by atoms with Crippen molar-refractivity contribution in [2.45, 2.75) is 123 Å². The summed E-state index contributed by atoms with van der Waals surface area (Å²) in [5.41, 5.74) is 0.931. The third-order valence-electron chi connectivity index (χ3n) is 15.2. The lowest BCUT2D eigenvalue weighted by molar-refractivity contribution is -0.132. The van der Waals surface area contributed by atoms with Crippen LogP contribution in [-0.2, 0) is 42.5 Å². The second kappa shape index (κ2) is 24.2. The van der Waals surface area contributed by atoms with Crippen molar-refractivity contribution in [1.82, 2.24) is 34.8 Å². The first-order chi connectivity index (χ1) is 34.7. The molecule has 15 nitrogen and oxygen atoms in total. The van der Waals surface area contributed by atoms with Crippen molar-refractivity contribution in [3.8, 4) is 0 Å². The number of sulfonamides is 2. The number of carbonyl (C=O) groups is 3. The fourth-order valence-corrected chi connectivity index (χ4v) is 14.7. The first-order valence-electron chi connectivity index (χ1n) is 25.3. The van der Waals surface area contributed by atoms with Gasteiger partial charge in [-0.2, -0.15) is 8.61 Å². The van der Waals surface area contributed by atoms with Gasteiger partial charge in [0.1, 0.15) is 23.7 Å². The number of nitrogens with zero attached hydrogens (tertiary/aromatic N) is 3. The minimum atomic E-state index is -3.76. The first kappa shape index (κ1) is 53.0. The number of rotatable bonds is 20. The van der Waals surface area contributed by atoms with Crippen LogP contribution in [0.1, 0.15) is 75.3 Å². The van der Waals surface area contributed by atoms with Crippen molar-refractivity contribution in [1.29, 1.82) is 0 Å². The Balaban J connectivity index is 1.01. The molecule has 2 saturated carbocycles. The normalized spacial score (nSPS) is 24.0. The maximum absolute atomic E-state index is 14.9. The summed E-state index contributed by atoms with van der Waals surface area (Å²) in [4.78, 5) is 45.0. The van der Waals surface area contributed by atoms with E-state index in [9.17, 15) is 45.1 Å². The summed E-state index contributed by atoms with van der Waals surface area (Å²) >= 11 is 0. The van der Waals surface area contributed by atoms with Gasteiger partial charge in [-0.1, -0.05) is 73.5 Å². The Morgan fingerprint density at radius 3 is 1.35 bits per heavy atom. The zero-order valence-corrected chi connectivity index (χ0v) is 42.1. The molecule has 8 atom stereocenters. The van der Waals surface area contributed by atoms with E-state index < -0.39 is 61.7 Å². The van der Waals surface area contributed by atoms with E-state index in [1.165, 1.54) is 48.5 Å². The van der Waals surface area contributed by atoms with Crippen LogP contribution in [0.4, 0.5) is 13.6 Å². The zero-order chi connectivity index (χ0) is 50.8. The van der Waals surface area contributed by atoms with Gasteiger partial charge in [0.15, 0.2) is 0 Å². The lowest BCUT2D eigenvalue weighted by Crippen LogP contribution is -2.61. The van der Waals surface area contributed by atoms with Crippen molar-refractivity contribution in [2.24, 2.45) is 11.8 Å². The van der Waals surface area contributed by atoms with E-state index in [4.69, 9.17) is 0 Å². The molecule has 8 rings (SSSR count). The van der Waals surface area contributed by atoms with Gasteiger partial charge in [0.2, 0.25) is 31.9 Å². The number of hydrogen-bond donors (Lipinski definition) is 5. The third-order valence-corrected chi connectivity index (χ3v) is 19.1. The van der Waals surface area contributed by atoms with Gasteiger partial charge in [-0.25, -0.2) is 30.4 Å². The average molecular weight is 1030 g/mol. The standard InChI is InChI=1S/C53H67F2N7O8S2/c54-41-23-17-37(18-24-41)33-49(51(63)58-47-15-7-9-39(47)21-27-43-35-56-29-31-60(43)71(67,68)45-11-3-1-4-12-45)62(53(65)66)50(34-38-19-25-42(55)26-20-38)52(64)59-48-16-8-10-40(48)22-28-44-36-57-30-32-61(44)72(69,70)46-13-5-2-6-14-46/h1-6,11-14,17-20,23-26,39-40,43-44,47-50,56-57H,7-10,15-16,21-22,27-36H2,(H,58,63)(H,59,64)(H,65,66)/t39-,40-,43?,44?,47+,48+,49?,50?/m1/s1. The van der Waals surface area contributed by atoms with Crippen molar-refractivity contribution >= 4 is 38.0 Å². The highest BCUT2D eigenvalue weighted by Crippen LogP contribution is 2.34. The van der Waals surface area contributed by atoms with Gasteiger partial charge in [-0.3, -0.25) is 14.5 Å². The molecule has 0 radical (unpaired) electrons. The summed E-state index contributed by atoms with van der Waals surface area (Å²) in [6, 6.07) is 23.2. The number of carboxylic acid groups (broad SMARTS) is 1. The molecule has 388 valence electrons. The molecule has 2 aliphatic carbocycles. The Labute approximate surface area is 422 Å². The van der Waals surface area contributed by atoms with Gasteiger partial charge in [0.05, 0.1) is 9.79 Å². The summed E-state index contributed by atoms with van der Waals surface area (Å²) in [6.07, 6.45) is 4.66. The summed E-state index contributed by atoms with van der Waals surface area (Å²) in [5.74, 6) is -2.38. The molecule has 4 aliphatic rings. The third kappa shape index (κ3) is 12.9. The number of halogens is 2. The molecule has 2 heterocycles.